The number of furan rings is 1. The Morgan fingerprint density at radius 3 is 2.55 bits per heavy atom. The Morgan fingerprint density at radius 2 is 1.91 bits per heavy atom. The molecule has 3 rings (SSSR count). The molecule has 0 bridgehead atoms. The van der Waals surface area contributed by atoms with Gasteiger partial charge >= 0.3 is 0 Å². The summed E-state index contributed by atoms with van der Waals surface area (Å²) in [5.41, 5.74) is 0. The maximum atomic E-state index is 12.4. The summed E-state index contributed by atoms with van der Waals surface area (Å²) in [6, 6.07) is 3.44. The molecule has 2 saturated heterocycles. The lowest BCUT2D eigenvalue weighted by molar-refractivity contribution is 0.0747. The van der Waals surface area contributed by atoms with Gasteiger partial charge in [-0.3, -0.25) is 4.79 Å². The smallest absolute Gasteiger partial charge is 0.289 e. The van der Waals surface area contributed by atoms with Gasteiger partial charge in [-0.05, 0) is 44.0 Å². The Hall–Kier alpha value is -1.33. The molecule has 3 heterocycles. The average Bonchev–Trinajstić information content (AvgIpc) is 3.12. The van der Waals surface area contributed by atoms with E-state index < -0.39 is 0 Å². The number of aliphatic hydroxyl groups excluding tert-OH is 1. The Bertz CT molecular complexity index is 466. The van der Waals surface area contributed by atoms with E-state index >= 15 is 0 Å². The zero-order valence-electron chi connectivity index (χ0n) is 13.1. The third-order valence-electron chi connectivity index (χ3n) is 5.02. The van der Waals surface area contributed by atoms with Gasteiger partial charge in [-0.2, -0.15) is 0 Å². The fourth-order valence-electron chi connectivity index (χ4n) is 3.72. The lowest BCUT2D eigenvalue weighted by Crippen LogP contribution is -2.35. The molecule has 0 spiro atoms. The van der Waals surface area contributed by atoms with Crippen molar-refractivity contribution in [3.05, 3.63) is 24.2 Å². The molecule has 2 atom stereocenters. The predicted octanol–water partition coefficient (Wildman–Crippen LogP) is 1.84. The molecule has 122 valence electrons. The minimum atomic E-state index is -0.0539. The van der Waals surface area contributed by atoms with Crippen LogP contribution in [0.1, 0.15) is 36.2 Å². The van der Waals surface area contributed by atoms with Gasteiger partial charge in [0.25, 0.3) is 5.91 Å². The van der Waals surface area contributed by atoms with Crippen molar-refractivity contribution >= 4 is 5.91 Å². The van der Waals surface area contributed by atoms with Crippen LogP contribution in [-0.2, 0) is 0 Å². The maximum Gasteiger partial charge on any atom is 0.289 e. The van der Waals surface area contributed by atoms with E-state index in [2.05, 4.69) is 4.90 Å². The molecular weight excluding hydrogens is 280 g/mol. The van der Waals surface area contributed by atoms with Gasteiger partial charge in [0, 0.05) is 32.2 Å². The number of carbonyl (C=O) groups excluding carboxylic acids is 1. The second-order valence-corrected chi connectivity index (χ2v) is 6.60. The zero-order chi connectivity index (χ0) is 15.4. The van der Waals surface area contributed by atoms with E-state index in [4.69, 9.17) is 4.42 Å². The SMILES string of the molecule is O=C(c1ccco1)N1C[C@@H](CO)[C@@H](CN2CCCCCC2)C1. The first-order valence-corrected chi connectivity index (χ1v) is 8.44. The minimum absolute atomic E-state index is 0.0539. The third kappa shape index (κ3) is 3.52. The van der Waals surface area contributed by atoms with Crippen LogP contribution in [0.2, 0.25) is 0 Å². The summed E-state index contributed by atoms with van der Waals surface area (Å²) >= 11 is 0. The number of aliphatic hydroxyl groups is 1. The topological polar surface area (TPSA) is 56.9 Å². The van der Waals surface area contributed by atoms with Crippen molar-refractivity contribution in [3.63, 3.8) is 0 Å². The van der Waals surface area contributed by atoms with E-state index in [-0.39, 0.29) is 18.4 Å². The van der Waals surface area contributed by atoms with Gasteiger partial charge < -0.3 is 19.3 Å². The van der Waals surface area contributed by atoms with Crippen LogP contribution in [-0.4, -0.2) is 60.1 Å². The molecule has 0 aromatic carbocycles. The van der Waals surface area contributed by atoms with Crippen LogP contribution < -0.4 is 0 Å². The van der Waals surface area contributed by atoms with Gasteiger partial charge in [-0.25, -0.2) is 0 Å². The van der Waals surface area contributed by atoms with Crippen LogP contribution in [0.15, 0.2) is 22.8 Å². The van der Waals surface area contributed by atoms with Gasteiger partial charge in [-0.1, -0.05) is 12.8 Å². The normalized spacial score (nSPS) is 27.0. The third-order valence-corrected chi connectivity index (χ3v) is 5.02. The lowest BCUT2D eigenvalue weighted by atomic mass is 9.96. The molecule has 1 amide bonds. The standard InChI is InChI=1S/C17H26N2O3/c20-13-15-12-19(17(21)16-6-5-9-22-16)11-14(15)10-18-7-3-1-2-4-8-18/h5-6,9,14-15,20H,1-4,7-8,10-13H2/t14-,15-/m0/s1. The average molecular weight is 306 g/mol. The molecule has 0 saturated carbocycles. The fourth-order valence-corrected chi connectivity index (χ4v) is 3.72. The van der Waals surface area contributed by atoms with Crippen LogP contribution >= 0.6 is 0 Å². The predicted molar refractivity (Wildman–Crippen MR) is 83.6 cm³/mol. The number of carbonyl (C=O) groups is 1. The molecule has 2 aliphatic rings. The largest absolute Gasteiger partial charge is 0.459 e. The van der Waals surface area contributed by atoms with Crippen molar-refractivity contribution in [3.8, 4) is 0 Å². The summed E-state index contributed by atoms with van der Waals surface area (Å²) in [4.78, 5) is 16.7. The van der Waals surface area contributed by atoms with Crippen LogP contribution in [0.25, 0.3) is 0 Å². The molecule has 2 fully saturated rings. The van der Waals surface area contributed by atoms with E-state index in [1.165, 1.54) is 31.9 Å². The zero-order valence-corrected chi connectivity index (χ0v) is 13.1. The summed E-state index contributed by atoms with van der Waals surface area (Å²) in [6.45, 7) is 4.81. The lowest BCUT2D eigenvalue weighted by Gasteiger charge is -2.26. The molecule has 5 heteroatoms. The molecule has 1 aromatic heterocycles. The summed E-state index contributed by atoms with van der Waals surface area (Å²) in [7, 11) is 0. The Morgan fingerprint density at radius 1 is 1.18 bits per heavy atom. The molecule has 0 radical (unpaired) electrons. The Labute approximate surface area is 131 Å². The molecule has 1 aromatic rings. The van der Waals surface area contributed by atoms with E-state index in [1.807, 2.05) is 4.90 Å². The number of nitrogens with zero attached hydrogens (tertiary/aromatic N) is 2. The summed E-state index contributed by atoms with van der Waals surface area (Å²) in [6.07, 6.45) is 6.72. The summed E-state index contributed by atoms with van der Waals surface area (Å²) in [5, 5.41) is 9.67. The molecule has 0 unspecified atom stereocenters. The van der Waals surface area contributed by atoms with E-state index in [0.717, 1.165) is 26.2 Å². The van der Waals surface area contributed by atoms with Gasteiger partial charge in [0.05, 0.1) is 6.26 Å². The second kappa shape index (κ2) is 7.29. The number of hydrogen-bond donors (Lipinski definition) is 1. The van der Waals surface area contributed by atoms with Gasteiger partial charge in [0.15, 0.2) is 5.76 Å². The van der Waals surface area contributed by atoms with Gasteiger partial charge in [0.1, 0.15) is 0 Å². The summed E-state index contributed by atoms with van der Waals surface area (Å²) < 4.78 is 5.21. The van der Waals surface area contributed by atoms with Crippen LogP contribution in [0.3, 0.4) is 0 Å². The van der Waals surface area contributed by atoms with Crippen molar-refractivity contribution in [1.82, 2.24) is 9.80 Å². The Balaban J connectivity index is 1.60. The number of likely N-dealkylation sites (tertiary alicyclic amines) is 2. The quantitative estimate of drug-likeness (QED) is 0.922. The summed E-state index contributed by atoms with van der Waals surface area (Å²) in [5.74, 6) is 0.887. The van der Waals surface area contributed by atoms with Crippen molar-refractivity contribution in [2.24, 2.45) is 11.8 Å². The van der Waals surface area contributed by atoms with Gasteiger partial charge in [0.2, 0.25) is 0 Å². The monoisotopic (exact) mass is 306 g/mol. The molecule has 0 aliphatic carbocycles. The number of hydrogen-bond acceptors (Lipinski definition) is 4. The van der Waals surface area contributed by atoms with Gasteiger partial charge in [-0.15, -0.1) is 0 Å². The van der Waals surface area contributed by atoms with Crippen molar-refractivity contribution in [1.29, 1.82) is 0 Å². The van der Waals surface area contributed by atoms with Crippen LogP contribution in [0.4, 0.5) is 0 Å². The maximum absolute atomic E-state index is 12.4. The Kier molecular flexibility index (Phi) is 5.16. The van der Waals surface area contributed by atoms with E-state index in [0.29, 0.717) is 18.2 Å². The van der Waals surface area contributed by atoms with Crippen molar-refractivity contribution in [2.45, 2.75) is 25.7 Å². The molecule has 1 N–H and O–H groups in total. The highest BCUT2D eigenvalue weighted by atomic mass is 16.3. The van der Waals surface area contributed by atoms with E-state index in [9.17, 15) is 9.90 Å². The number of rotatable bonds is 4. The first-order valence-electron chi connectivity index (χ1n) is 8.44. The number of amides is 1. The molecule has 5 nitrogen and oxygen atoms in total. The fraction of sp³-hybridized carbons (Fsp3) is 0.706. The van der Waals surface area contributed by atoms with E-state index in [1.54, 1.807) is 12.1 Å². The highest BCUT2D eigenvalue weighted by Gasteiger charge is 2.36. The van der Waals surface area contributed by atoms with Crippen LogP contribution in [0, 0.1) is 11.8 Å². The molecule has 2 aliphatic heterocycles. The van der Waals surface area contributed by atoms with Crippen molar-refractivity contribution in [2.75, 3.05) is 39.3 Å². The van der Waals surface area contributed by atoms with Crippen molar-refractivity contribution < 1.29 is 14.3 Å². The second-order valence-electron chi connectivity index (χ2n) is 6.60. The highest BCUT2D eigenvalue weighted by Crippen LogP contribution is 2.26. The first kappa shape index (κ1) is 15.6. The molecular formula is C17H26N2O3. The highest BCUT2D eigenvalue weighted by molar-refractivity contribution is 5.91. The van der Waals surface area contributed by atoms with Crippen LogP contribution in [0.5, 0.6) is 0 Å². The minimum Gasteiger partial charge on any atom is -0.459 e. The molecule has 22 heavy (non-hydrogen) atoms. The first-order chi connectivity index (χ1) is 10.8.